The number of methoxy groups -OCH3 is 1. The van der Waals surface area contributed by atoms with Gasteiger partial charge in [-0.25, -0.2) is 4.79 Å². The van der Waals surface area contributed by atoms with Crippen LogP contribution in [0.1, 0.15) is 46.0 Å². The minimum Gasteiger partial charge on any atom is -0.467 e. The van der Waals surface area contributed by atoms with Gasteiger partial charge in [-0.05, 0) is 56.1 Å². The molecular weight excluding hydrogens is 332 g/mol. The molecule has 3 saturated carbocycles. The number of carbonyl (C=O) groups excluding carboxylic acids is 2. The first-order valence-electron chi connectivity index (χ1n) is 9.60. The number of fused-ring (bicyclic) bond motifs is 5. The van der Waals surface area contributed by atoms with E-state index in [1.54, 1.807) is 12.2 Å². The summed E-state index contributed by atoms with van der Waals surface area (Å²) < 4.78 is 4.91. The molecule has 0 aliphatic heterocycles. The first-order valence-corrected chi connectivity index (χ1v) is 9.60. The second-order valence-electron chi connectivity index (χ2n) is 9.10. The summed E-state index contributed by atoms with van der Waals surface area (Å²) in [6.07, 6.45) is 7.89. The van der Waals surface area contributed by atoms with Crippen LogP contribution in [-0.4, -0.2) is 40.8 Å². The summed E-state index contributed by atoms with van der Waals surface area (Å²) in [5, 5.41) is 22.4. The monoisotopic (exact) mass is 360 g/mol. The molecule has 4 aliphatic rings. The van der Waals surface area contributed by atoms with Crippen molar-refractivity contribution in [3.63, 3.8) is 0 Å². The highest BCUT2D eigenvalue weighted by Crippen LogP contribution is 2.67. The van der Waals surface area contributed by atoms with Gasteiger partial charge in [0.25, 0.3) is 0 Å². The Balaban J connectivity index is 1.75. The molecule has 0 radical (unpaired) electrons. The molecule has 5 nitrogen and oxygen atoms in total. The van der Waals surface area contributed by atoms with Gasteiger partial charge in [0.2, 0.25) is 0 Å². The van der Waals surface area contributed by atoms with Crippen LogP contribution in [0.25, 0.3) is 0 Å². The molecule has 5 heteroatoms. The Labute approximate surface area is 154 Å². The van der Waals surface area contributed by atoms with Gasteiger partial charge in [0.05, 0.1) is 13.2 Å². The van der Waals surface area contributed by atoms with E-state index in [9.17, 15) is 19.8 Å². The molecule has 0 saturated heterocycles. The lowest BCUT2D eigenvalue weighted by Crippen LogP contribution is -2.61. The molecule has 0 bridgehead atoms. The van der Waals surface area contributed by atoms with Crippen LogP contribution in [0.5, 0.6) is 0 Å². The predicted molar refractivity (Wildman–Crippen MR) is 95.0 cm³/mol. The van der Waals surface area contributed by atoms with E-state index in [1.165, 1.54) is 7.11 Å². The Morgan fingerprint density at radius 1 is 1.31 bits per heavy atom. The Bertz CT molecular complexity index is 724. The Morgan fingerprint density at radius 2 is 2.04 bits per heavy atom. The number of allylic oxidation sites excluding steroid dienone is 4. The lowest BCUT2D eigenvalue weighted by atomic mass is 9.46. The van der Waals surface area contributed by atoms with Crippen LogP contribution in [0.15, 0.2) is 23.8 Å². The summed E-state index contributed by atoms with van der Waals surface area (Å²) in [4.78, 5) is 24.2. The molecule has 4 aliphatic carbocycles. The van der Waals surface area contributed by atoms with Gasteiger partial charge in [0.15, 0.2) is 11.4 Å². The van der Waals surface area contributed by atoms with Crippen LogP contribution in [0, 0.1) is 28.6 Å². The van der Waals surface area contributed by atoms with E-state index in [2.05, 4.69) is 6.92 Å². The van der Waals surface area contributed by atoms with E-state index in [1.807, 2.05) is 13.0 Å². The Kier molecular flexibility index (Phi) is 3.81. The number of rotatable bonds is 1. The van der Waals surface area contributed by atoms with Gasteiger partial charge in [-0.3, -0.25) is 4.79 Å². The lowest BCUT2D eigenvalue weighted by molar-refractivity contribution is -0.194. The SMILES string of the molecule is COC(=O)[C@@]1(O)CCC2C3CCC4=CC(=O)C=CC4(C)C3C(O)CC21C. The molecule has 0 heterocycles. The van der Waals surface area contributed by atoms with Gasteiger partial charge in [-0.1, -0.05) is 25.5 Å². The van der Waals surface area contributed by atoms with Gasteiger partial charge in [-0.15, -0.1) is 0 Å². The molecular formula is C21H28O5. The van der Waals surface area contributed by atoms with Gasteiger partial charge in [0.1, 0.15) is 0 Å². The second-order valence-corrected chi connectivity index (χ2v) is 9.10. The van der Waals surface area contributed by atoms with E-state index in [0.717, 1.165) is 24.8 Å². The standard InChI is InChI=1S/C21H28O5/c1-19-8-6-13(22)10-12(19)4-5-14-15-7-9-21(25,18(24)26-3)20(15,2)11-16(23)17(14)19/h6,8,10,14-17,23,25H,4-5,7,9,11H2,1-3H3/t14?,15?,16?,17?,19?,20?,21-/m0/s1. The first kappa shape index (κ1) is 17.9. The number of aliphatic hydroxyl groups excluding tert-OH is 1. The fourth-order valence-corrected chi connectivity index (χ4v) is 6.83. The molecule has 26 heavy (non-hydrogen) atoms. The van der Waals surface area contributed by atoms with Crippen molar-refractivity contribution in [1.82, 2.24) is 0 Å². The number of aliphatic hydroxyl groups is 2. The number of ketones is 1. The molecule has 4 rings (SSSR count). The highest BCUT2D eigenvalue weighted by Gasteiger charge is 2.68. The van der Waals surface area contributed by atoms with E-state index < -0.39 is 23.1 Å². The van der Waals surface area contributed by atoms with E-state index in [0.29, 0.717) is 12.8 Å². The van der Waals surface area contributed by atoms with E-state index in [4.69, 9.17) is 4.74 Å². The van der Waals surface area contributed by atoms with Gasteiger partial charge < -0.3 is 14.9 Å². The van der Waals surface area contributed by atoms with Crippen LogP contribution in [0.3, 0.4) is 0 Å². The molecule has 2 N–H and O–H groups in total. The summed E-state index contributed by atoms with van der Waals surface area (Å²) in [6.45, 7) is 4.06. The average Bonchev–Trinajstić information content (AvgIpc) is 2.86. The van der Waals surface area contributed by atoms with Crippen molar-refractivity contribution in [1.29, 1.82) is 0 Å². The number of carbonyl (C=O) groups is 2. The highest BCUT2D eigenvalue weighted by molar-refractivity contribution is 6.01. The molecule has 3 fully saturated rings. The van der Waals surface area contributed by atoms with Crippen LogP contribution in [-0.2, 0) is 14.3 Å². The molecule has 0 aromatic carbocycles. The van der Waals surface area contributed by atoms with Gasteiger partial charge in [-0.2, -0.15) is 0 Å². The molecule has 7 atom stereocenters. The van der Waals surface area contributed by atoms with Crippen molar-refractivity contribution in [3.8, 4) is 0 Å². The van der Waals surface area contributed by atoms with Crippen molar-refractivity contribution in [2.24, 2.45) is 28.6 Å². The number of hydrogen-bond acceptors (Lipinski definition) is 5. The summed E-state index contributed by atoms with van der Waals surface area (Å²) in [5.74, 6) is -0.192. The third-order valence-corrected chi connectivity index (χ3v) is 8.17. The van der Waals surface area contributed by atoms with Crippen LogP contribution in [0.2, 0.25) is 0 Å². The Hall–Kier alpha value is -1.46. The minimum absolute atomic E-state index is 0.00456. The summed E-state index contributed by atoms with van der Waals surface area (Å²) >= 11 is 0. The average molecular weight is 360 g/mol. The number of esters is 1. The maximum absolute atomic E-state index is 12.4. The van der Waals surface area contributed by atoms with Crippen molar-refractivity contribution >= 4 is 11.8 Å². The number of ether oxygens (including phenoxy) is 1. The van der Waals surface area contributed by atoms with Gasteiger partial charge in [0, 0.05) is 16.7 Å². The molecule has 0 amide bonds. The summed E-state index contributed by atoms with van der Waals surface area (Å²) in [5.41, 5.74) is -1.45. The third kappa shape index (κ3) is 2.04. The Morgan fingerprint density at radius 3 is 2.73 bits per heavy atom. The molecule has 0 aromatic rings. The number of hydrogen-bond donors (Lipinski definition) is 2. The van der Waals surface area contributed by atoms with Crippen molar-refractivity contribution in [2.75, 3.05) is 7.11 Å². The summed E-state index contributed by atoms with van der Waals surface area (Å²) in [7, 11) is 1.31. The molecule has 142 valence electrons. The third-order valence-electron chi connectivity index (χ3n) is 8.17. The molecule has 0 spiro atoms. The fraction of sp³-hybridized carbons (Fsp3) is 0.714. The van der Waals surface area contributed by atoms with Crippen LogP contribution < -0.4 is 0 Å². The molecule has 0 aromatic heterocycles. The minimum atomic E-state index is -1.53. The van der Waals surface area contributed by atoms with Crippen molar-refractivity contribution < 1.29 is 24.5 Å². The zero-order valence-corrected chi connectivity index (χ0v) is 15.7. The second kappa shape index (κ2) is 5.52. The van der Waals surface area contributed by atoms with Crippen molar-refractivity contribution in [2.45, 2.75) is 57.7 Å². The van der Waals surface area contributed by atoms with Crippen LogP contribution >= 0.6 is 0 Å². The lowest BCUT2D eigenvalue weighted by Gasteiger charge is -2.59. The van der Waals surface area contributed by atoms with E-state index >= 15 is 0 Å². The van der Waals surface area contributed by atoms with Gasteiger partial charge >= 0.3 is 5.97 Å². The first-order chi connectivity index (χ1) is 12.2. The van der Waals surface area contributed by atoms with Crippen molar-refractivity contribution in [3.05, 3.63) is 23.8 Å². The van der Waals surface area contributed by atoms with E-state index in [-0.39, 0.29) is 29.0 Å². The molecule has 6 unspecified atom stereocenters. The maximum Gasteiger partial charge on any atom is 0.338 e. The topological polar surface area (TPSA) is 83.8 Å². The zero-order chi connectivity index (χ0) is 18.9. The largest absolute Gasteiger partial charge is 0.467 e. The predicted octanol–water partition coefficient (Wildman–Crippen LogP) is 2.17. The zero-order valence-electron chi connectivity index (χ0n) is 15.7. The quantitative estimate of drug-likeness (QED) is 0.700. The fourth-order valence-electron chi connectivity index (χ4n) is 6.83. The highest BCUT2D eigenvalue weighted by atomic mass is 16.5. The van der Waals surface area contributed by atoms with Crippen LogP contribution in [0.4, 0.5) is 0 Å². The normalized spacial score (nSPS) is 49.7. The summed E-state index contributed by atoms with van der Waals surface area (Å²) in [6, 6.07) is 0. The smallest absolute Gasteiger partial charge is 0.338 e. The maximum atomic E-state index is 12.4.